The standard InChI is InChI=1S/C16H16BrNO4S/c1-11-3-5-14(13(17)9-11)18-23(19,20)12-4-6-15-16(10-12)22-8-2-7-21-15/h3-6,9-10,18H,2,7-8H2,1H3. The number of hydrogen-bond donors (Lipinski definition) is 1. The van der Waals surface area contributed by atoms with E-state index in [1.54, 1.807) is 12.1 Å². The summed E-state index contributed by atoms with van der Waals surface area (Å²) in [5.74, 6) is 1.02. The van der Waals surface area contributed by atoms with Crippen molar-refractivity contribution in [3.05, 3.63) is 46.4 Å². The van der Waals surface area contributed by atoms with Crippen molar-refractivity contribution in [3.8, 4) is 11.5 Å². The van der Waals surface area contributed by atoms with E-state index in [-0.39, 0.29) is 4.90 Å². The Balaban J connectivity index is 1.92. The second-order valence-electron chi connectivity index (χ2n) is 5.25. The third kappa shape index (κ3) is 3.61. The van der Waals surface area contributed by atoms with E-state index in [9.17, 15) is 8.42 Å². The number of sulfonamides is 1. The Morgan fingerprint density at radius 2 is 1.78 bits per heavy atom. The zero-order chi connectivity index (χ0) is 16.4. The van der Waals surface area contributed by atoms with Crippen LogP contribution in [0.3, 0.4) is 0 Å². The third-order valence-electron chi connectivity index (χ3n) is 3.40. The van der Waals surface area contributed by atoms with Crippen molar-refractivity contribution in [1.82, 2.24) is 0 Å². The van der Waals surface area contributed by atoms with Gasteiger partial charge in [-0.15, -0.1) is 0 Å². The smallest absolute Gasteiger partial charge is 0.262 e. The van der Waals surface area contributed by atoms with Gasteiger partial charge < -0.3 is 9.47 Å². The average molecular weight is 398 g/mol. The van der Waals surface area contributed by atoms with Crippen molar-refractivity contribution >= 4 is 31.6 Å². The van der Waals surface area contributed by atoms with Crippen LogP contribution in [0.25, 0.3) is 0 Å². The fourth-order valence-electron chi connectivity index (χ4n) is 2.22. The van der Waals surface area contributed by atoms with Gasteiger partial charge in [0.1, 0.15) is 0 Å². The lowest BCUT2D eigenvalue weighted by Crippen LogP contribution is -2.13. The highest BCUT2D eigenvalue weighted by molar-refractivity contribution is 9.10. The molecule has 7 heteroatoms. The fraction of sp³-hybridized carbons (Fsp3) is 0.250. The first-order valence-corrected chi connectivity index (χ1v) is 9.42. The van der Waals surface area contributed by atoms with E-state index in [0.29, 0.717) is 34.9 Å². The molecule has 5 nitrogen and oxygen atoms in total. The summed E-state index contributed by atoms with van der Waals surface area (Å²) in [6.07, 6.45) is 0.769. The molecule has 1 N–H and O–H groups in total. The molecule has 2 aromatic carbocycles. The largest absolute Gasteiger partial charge is 0.490 e. The summed E-state index contributed by atoms with van der Waals surface area (Å²) >= 11 is 3.37. The minimum atomic E-state index is -3.71. The molecule has 0 amide bonds. The molecular formula is C16H16BrNO4S. The van der Waals surface area contributed by atoms with Crippen molar-refractivity contribution in [1.29, 1.82) is 0 Å². The van der Waals surface area contributed by atoms with Gasteiger partial charge >= 0.3 is 0 Å². The van der Waals surface area contributed by atoms with E-state index >= 15 is 0 Å². The molecule has 0 bridgehead atoms. The molecule has 3 rings (SSSR count). The van der Waals surface area contributed by atoms with Crippen LogP contribution in [-0.4, -0.2) is 21.6 Å². The Morgan fingerprint density at radius 1 is 1.04 bits per heavy atom. The molecule has 0 saturated carbocycles. The minimum absolute atomic E-state index is 0.134. The molecule has 0 aromatic heterocycles. The Kier molecular flexibility index (Phi) is 4.50. The Hall–Kier alpha value is -1.73. The van der Waals surface area contributed by atoms with Crippen LogP contribution < -0.4 is 14.2 Å². The van der Waals surface area contributed by atoms with Crippen molar-refractivity contribution in [3.63, 3.8) is 0 Å². The Bertz CT molecular complexity index is 836. The molecule has 0 saturated heterocycles. The normalized spacial score (nSPS) is 14.2. The van der Waals surface area contributed by atoms with E-state index in [4.69, 9.17) is 9.47 Å². The lowest BCUT2D eigenvalue weighted by molar-refractivity contribution is 0.297. The predicted octanol–water partition coefficient (Wildman–Crippen LogP) is 3.72. The van der Waals surface area contributed by atoms with Gasteiger partial charge in [-0.05, 0) is 52.7 Å². The number of benzene rings is 2. The van der Waals surface area contributed by atoms with Gasteiger partial charge in [0.25, 0.3) is 10.0 Å². The SMILES string of the molecule is Cc1ccc(NS(=O)(=O)c2ccc3c(c2)OCCCO3)c(Br)c1. The number of aryl methyl sites for hydroxylation is 1. The van der Waals surface area contributed by atoms with Gasteiger partial charge in [0.15, 0.2) is 11.5 Å². The monoisotopic (exact) mass is 397 g/mol. The van der Waals surface area contributed by atoms with E-state index in [2.05, 4.69) is 20.7 Å². The molecule has 0 spiro atoms. The molecule has 0 aliphatic carbocycles. The van der Waals surface area contributed by atoms with Gasteiger partial charge in [-0.1, -0.05) is 6.07 Å². The average Bonchev–Trinajstić information content (AvgIpc) is 2.74. The molecule has 0 fully saturated rings. The van der Waals surface area contributed by atoms with Gasteiger partial charge in [0.2, 0.25) is 0 Å². The highest BCUT2D eigenvalue weighted by atomic mass is 79.9. The van der Waals surface area contributed by atoms with Crippen molar-refractivity contribution in [2.75, 3.05) is 17.9 Å². The first-order chi connectivity index (χ1) is 11.0. The van der Waals surface area contributed by atoms with Gasteiger partial charge in [-0.2, -0.15) is 0 Å². The molecule has 23 heavy (non-hydrogen) atoms. The quantitative estimate of drug-likeness (QED) is 0.856. The van der Waals surface area contributed by atoms with Crippen molar-refractivity contribution < 1.29 is 17.9 Å². The van der Waals surface area contributed by atoms with Crippen LogP contribution in [0.15, 0.2) is 45.8 Å². The fourth-order valence-corrected chi connectivity index (χ4v) is 4.04. The molecular weight excluding hydrogens is 382 g/mol. The zero-order valence-electron chi connectivity index (χ0n) is 12.5. The molecule has 2 aromatic rings. The van der Waals surface area contributed by atoms with Gasteiger partial charge in [0.05, 0.1) is 23.8 Å². The van der Waals surface area contributed by atoms with E-state index in [1.807, 2.05) is 19.1 Å². The summed E-state index contributed by atoms with van der Waals surface area (Å²) in [6.45, 7) is 3.01. The lowest BCUT2D eigenvalue weighted by atomic mass is 10.2. The summed E-state index contributed by atoms with van der Waals surface area (Å²) in [4.78, 5) is 0.134. The topological polar surface area (TPSA) is 64.6 Å². The number of rotatable bonds is 3. The van der Waals surface area contributed by atoms with Crippen LogP contribution in [0.2, 0.25) is 0 Å². The summed E-state index contributed by atoms with van der Waals surface area (Å²) < 4.78 is 39.5. The van der Waals surface area contributed by atoms with Crippen LogP contribution in [0.5, 0.6) is 11.5 Å². The lowest BCUT2D eigenvalue weighted by Gasteiger charge is -2.12. The number of nitrogens with one attached hydrogen (secondary N) is 1. The number of hydrogen-bond acceptors (Lipinski definition) is 4. The highest BCUT2D eigenvalue weighted by Gasteiger charge is 2.19. The van der Waals surface area contributed by atoms with Gasteiger partial charge in [-0.25, -0.2) is 8.42 Å². The number of fused-ring (bicyclic) bond motifs is 1. The number of halogens is 1. The first-order valence-electron chi connectivity index (χ1n) is 7.14. The Morgan fingerprint density at radius 3 is 2.52 bits per heavy atom. The van der Waals surface area contributed by atoms with E-state index in [1.165, 1.54) is 12.1 Å². The van der Waals surface area contributed by atoms with Gasteiger partial charge in [-0.3, -0.25) is 4.72 Å². The summed E-state index contributed by atoms with van der Waals surface area (Å²) in [7, 11) is -3.71. The molecule has 0 radical (unpaired) electrons. The van der Waals surface area contributed by atoms with Crippen molar-refractivity contribution in [2.24, 2.45) is 0 Å². The van der Waals surface area contributed by atoms with Crippen LogP contribution in [0.1, 0.15) is 12.0 Å². The van der Waals surface area contributed by atoms with Crippen molar-refractivity contribution in [2.45, 2.75) is 18.2 Å². The minimum Gasteiger partial charge on any atom is -0.490 e. The Labute approximate surface area is 143 Å². The van der Waals surface area contributed by atoms with Crippen LogP contribution in [-0.2, 0) is 10.0 Å². The third-order valence-corrected chi connectivity index (χ3v) is 5.42. The highest BCUT2D eigenvalue weighted by Crippen LogP contribution is 2.33. The van der Waals surface area contributed by atoms with E-state index < -0.39 is 10.0 Å². The summed E-state index contributed by atoms with van der Waals surface area (Å²) in [6, 6.07) is 10.0. The van der Waals surface area contributed by atoms with Crippen LogP contribution >= 0.6 is 15.9 Å². The van der Waals surface area contributed by atoms with Crippen LogP contribution in [0, 0.1) is 6.92 Å². The van der Waals surface area contributed by atoms with Crippen LogP contribution in [0.4, 0.5) is 5.69 Å². The maximum atomic E-state index is 12.6. The summed E-state index contributed by atoms with van der Waals surface area (Å²) in [5.41, 5.74) is 1.53. The van der Waals surface area contributed by atoms with Gasteiger partial charge in [0, 0.05) is 17.0 Å². The predicted molar refractivity (Wildman–Crippen MR) is 91.7 cm³/mol. The number of ether oxygens (including phenoxy) is 2. The molecule has 122 valence electrons. The first kappa shape index (κ1) is 16.1. The molecule has 0 atom stereocenters. The molecule has 0 unspecified atom stereocenters. The summed E-state index contributed by atoms with van der Waals surface area (Å²) in [5, 5.41) is 0. The second kappa shape index (κ2) is 6.41. The van der Waals surface area contributed by atoms with E-state index in [0.717, 1.165) is 12.0 Å². The number of anilines is 1. The molecule has 1 aliphatic heterocycles. The second-order valence-corrected chi connectivity index (χ2v) is 7.78. The molecule has 1 aliphatic rings. The maximum Gasteiger partial charge on any atom is 0.262 e. The molecule has 1 heterocycles. The zero-order valence-corrected chi connectivity index (χ0v) is 14.9. The maximum absolute atomic E-state index is 12.6.